The number of nitrogens with zero attached hydrogens (tertiary/aromatic N) is 6. The maximum atomic E-state index is 13.0. The summed E-state index contributed by atoms with van der Waals surface area (Å²) in [6, 6.07) is 9.11. The zero-order chi connectivity index (χ0) is 27.3. The van der Waals surface area contributed by atoms with Gasteiger partial charge in [0.05, 0.1) is 18.5 Å². The van der Waals surface area contributed by atoms with E-state index >= 15 is 0 Å². The minimum Gasteiger partial charge on any atom is -0.489 e. The van der Waals surface area contributed by atoms with Crippen molar-refractivity contribution in [1.29, 1.82) is 0 Å². The lowest BCUT2D eigenvalue weighted by molar-refractivity contribution is 0.00582. The predicted octanol–water partition coefficient (Wildman–Crippen LogP) is 5.37. The predicted molar refractivity (Wildman–Crippen MR) is 150 cm³/mol. The van der Waals surface area contributed by atoms with Crippen LogP contribution in [0.4, 0.5) is 10.6 Å². The van der Waals surface area contributed by atoms with Crippen molar-refractivity contribution in [3.63, 3.8) is 0 Å². The summed E-state index contributed by atoms with van der Waals surface area (Å²) in [5.74, 6) is 1.60. The molecule has 3 aliphatic rings. The van der Waals surface area contributed by atoms with Crippen LogP contribution in [-0.4, -0.2) is 67.8 Å². The number of fused-ring (bicyclic) bond motifs is 3. The lowest BCUT2D eigenvalue weighted by Gasteiger charge is -2.43. The molecule has 6 rings (SSSR count). The van der Waals surface area contributed by atoms with Gasteiger partial charge in [-0.05, 0) is 70.9 Å². The van der Waals surface area contributed by atoms with Gasteiger partial charge >= 0.3 is 6.09 Å². The largest absolute Gasteiger partial charge is 0.489 e. The molecule has 39 heavy (non-hydrogen) atoms. The van der Waals surface area contributed by atoms with Gasteiger partial charge in [0.1, 0.15) is 5.60 Å². The molecule has 0 radical (unpaired) electrons. The highest BCUT2D eigenvalue weighted by Gasteiger charge is 2.46. The van der Waals surface area contributed by atoms with E-state index < -0.39 is 5.60 Å². The average molecular weight is 531 g/mol. The van der Waals surface area contributed by atoms with E-state index in [1.54, 1.807) is 0 Å². The third kappa shape index (κ3) is 5.06. The van der Waals surface area contributed by atoms with E-state index in [1.165, 1.54) is 0 Å². The van der Waals surface area contributed by atoms with Crippen molar-refractivity contribution in [2.45, 2.75) is 83.5 Å². The third-order valence-corrected chi connectivity index (χ3v) is 8.11. The number of ether oxygens (including phenoxy) is 2. The first-order valence-electron chi connectivity index (χ1n) is 14.0. The normalized spacial score (nSPS) is 22.7. The second-order valence-electron chi connectivity index (χ2n) is 12.1. The second kappa shape index (κ2) is 9.84. The Morgan fingerprint density at radius 3 is 2.49 bits per heavy atom. The first-order valence-corrected chi connectivity index (χ1v) is 14.0. The molecule has 3 atom stereocenters. The maximum Gasteiger partial charge on any atom is 0.410 e. The fourth-order valence-corrected chi connectivity index (χ4v) is 6.40. The van der Waals surface area contributed by atoms with Crippen LogP contribution in [0.3, 0.4) is 0 Å². The zero-order valence-corrected chi connectivity index (χ0v) is 23.6. The number of aromatic nitrogens is 4. The fraction of sp³-hybridized carbons (Fsp3) is 0.533. The molecular weight excluding hydrogens is 492 g/mol. The van der Waals surface area contributed by atoms with Crippen LogP contribution in [0.5, 0.6) is 5.75 Å². The van der Waals surface area contributed by atoms with Crippen molar-refractivity contribution in [1.82, 2.24) is 24.9 Å². The second-order valence-corrected chi connectivity index (χ2v) is 12.1. The fourth-order valence-electron chi connectivity index (χ4n) is 6.40. The molecule has 3 aliphatic heterocycles. The summed E-state index contributed by atoms with van der Waals surface area (Å²) in [5.41, 5.74) is 4.71. The molecule has 0 spiro atoms. The van der Waals surface area contributed by atoms with Crippen LogP contribution in [0.15, 0.2) is 36.7 Å². The monoisotopic (exact) mass is 530 g/mol. The maximum absolute atomic E-state index is 13.0. The summed E-state index contributed by atoms with van der Waals surface area (Å²) >= 11 is 0. The van der Waals surface area contributed by atoms with E-state index in [4.69, 9.17) is 14.6 Å². The highest BCUT2D eigenvalue weighted by atomic mass is 16.6. The molecule has 2 saturated heterocycles. The summed E-state index contributed by atoms with van der Waals surface area (Å²) in [7, 11) is 1.93. The number of hydrogen-bond acceptors (Lipinski definition) is 7. The van der Waals surface area contributed by atoms with Gasteiger partial charge in [-0.1, -0.05) is 18.2 Å². The minimum absolute atomic E-state index is 0.178. The van der Waals surface area contributed by atoms with Crippen LogP contribution >= 0.6 is 0 Å². The first-order chi connectivity index (χ1) is 18.7. The Bertz CT molecular complexity index is 1370. The third-order valence-electron chi connectivity index (χ3n) is 8.11. The Morgan fingerprint density at radius 2 is 1.82 bits per heavy atom. The Kier molecular flexibility index (Phi) is 6.47. The van der Waals surface area contributed by atoms with Gasteiger partial charge in [0.15, 0.2) is 11.6 Å². The Labute approximate surface area is 230 Å². The Balaban J connectivity index is 1.23. The van der Waals surface area contributed by atoms with Gasteiger partial charge in [-0.15, -0.1) is 10.2 Å². The van der Waals surface area contributed by atoms with Crippen LogP contribution < -0.4 is 9.64 Å². The van der Waals surface area contributed by atoms with Gasteiger partial charge in [-0.3, -0.25) is 4.68 Å². The van der Waals surface area contributed by atoms with Crippen molar-refractivity contribution in [3.8, 4) is 28.1 Å². The number of hydrogen-bond donors (Lipinski definition) is 0. The highest BCUT2D eigenvalue weighted by Crippen LogP contribution is 2.42. The van der Waals surface area contributed by atoms with E-state index in [-0.39, 0.29) is 18.2 Å². The van der Waals surface area contributed by atoms with Gasteiger partial charge in [0.25, 0.3) is 0 Å². The lowest BCUT2D eigenvalue weighted by Crippen LogP contribution is -2.54. The molecule has 2 aromatic heterocycles. The summed E-state index contributed by atoms with van der Waals surface area (Å²) < 4.78 is 13.8. The molecule has 206 valence electrons. The number of rotatable bonds is 3. The molecule has 3 aromatic rings. The minimum atomic E-state index is -0.487. The quantitative estimate of drug-likeness (QED) is 0.450. The molecule has 9 heteroatoms. The first kappa shape index (κ1) is 25.6. The summed E-state index contributed by atoms with van der Waals surface area (Å²) in [5, 5.41) is 13.7. The zero-order valence-electron chi connectivity index (χ0n) is 23.6. The number of piperidine rings is 1. The smallest absolute Gasteiger partial charge is 0.410 e. The number of carbonyl (C=O) groups is 1. The van der Waals surface area contributed by atoms with E-state index in [2.05, 4.69) is 40.2 Å². The summed E-state index contributed by atoms with van der Waals surface area (Å²) in [4.78, 5) is 17.3. The Morgan fingerprint density at radius 1 is 1.05 bits per heavy atom. The van der Waals surface area contributed by atoms with Crippen LogP contribution in [-0.2, 0) is 11.8 Å². The van der Waals surface area contributed by atoms with Crippen LogP contribution in [0.1, 0.15) is 58.4 Å². The van der Waals surface area contributed by atoms with Gasteiger partial charge in [0.2, 0.25) is 0 Å². The number of benzene rings is 1. The van der Waals surface area contributed by atoms with Crippen LogP contribution in [0.25, 0.3) is 22.4 Å². The molecule has 0 saturated carbocycles. The van der Waals surface area contributed by atoms with Crippen molar-refractivity contribution in [2.75, 3.05) is 18.1 Å². The molecule has 5 heterocycles. The van der Waals surface area contributed by atoms with Crippen molar-refractivity contribution in [2.24, 2.45) is 7.05 Å². The van der Waals surface area contributed by atoms with E-state index in [9.17, 15) is 4.79 Å². The highest BCUT2D eigenvalue weighted by molar-refractivity contribution is 5.73. The number of aryl methyl sites for hydroxylation is 2. The summed E-state index contributed by atoms with van der Waals surface area (Å²) in [6.07, 6.45) is 8.51. The molecule has 1 unspecified atom stereocenters. The average Bonchev–Trinajstić information content (AvgIpc) is 3.34. The molecule has 1 aromatic carbocycles. The van der Waals surface area contributed by atoms with Crippen molar-refractivity contribution in [3.05, 3.63) is 42.2 Å². The number of anilines is 1. The van der Waals surface area contributed by atoms with Crippen molar-refractivity contribution < 1.29 is 14.3 Å². The molecule has 0 N–H and O–H groups in total. The molecular formula is C30H38N6O3. The van der Waals surface area contributed by atoms with Gasteiger partial charge in [-0.2, -0.15) is 5.10 Å². The van der Waals surface area contributed by atoms with Crippen molar-refractivity contribution >= 4 is 11.9 Å². The molecule has 0 aliphatic carbocycles. The Hall–Kier alpha value is -3.62. The van der Waals surface area contributed by atoms with Crippen LogP contribution in [0.2, 0.25) is 0 Å². The van der Waals surface area contributed by atoms with E-state index in [1.807, 2.05) is 55.9 Å². The van der Waals surface area contributed by atoms with Gasteiger partial charge in [0, 0.05) is 55.1 Å². The number of amides is 1. The molecule has 9 nitrogen and oxygen atoms in total. The lowest BCUT2D eigenvalue weighted by atomic mass is 9.95. The van der Waals surface area contributed by atoms with Gasteiger partial charge in [-0.25, -0.2) is 4.79 Å². The van der Waals surface area contributed by atoms with Gasteiger partial charge < -0.3 is 19.3 Å². The molecule has 2 fully saturated rings. The van der Waals surface area contributed by atoms with E-state index in [0.29, 0.717) is 12.6 Å². The number of carbonyl (C=O) groups excluding carboxylic acids is 1. The van der Waals surface area contributed by atoms with Crippen LogP contribution in [0, 0.1) is 6.92 Å². The topological polar surface area (TPSA) is 85.6 Å². The molecule has 2 bridgehead atoms. The SMILES string of the molecule is Cc1cc(-c2cnn(C)c2)ccc1-c1cc2c(nn1)N(C1C[C@H]3CC[C@@H](C1)N3C(=O)OC(C)(C)C)CCCO2. The standard InChI is InChI=1S/C30H38N6O3/c1-19-13-20(21-17-31-34(5)18-21)7-10-25(19)26-16-27-28(33-32-26)35(11-6-12-38-27)24-14-22-8-9-23(15-24)36(22)29(37)39-30(2,3)4/h7,10,13,16-18,22-24H,6,8-9,11-12,14-15H2,1-5H3/t22-,23+,24?. The molecule has 1 amide bonds. The summed E-state index contributed by atoms with van der Waals surface area (Å²) in [6.45, 7) is 9.41. The van der Waals surface area contributed by atoms with E-state index in [0.717, 1.165) is 78.2 Å².